The van der Waals surface area contributed by atoms with Gasteiger partial charge in [-0.2, -0.15) is 0 Å². The van der Waals surface area contributed by atoms with Crippen molar-refractivity contribution in [2.45, 2.75) is 24.3 Å². The number of aryl methyl sites for hydroxylation is 1. The molecule has 3 N–H and O–H groups in total. The first-order valence-electron chi connectivity index (χ1n) is 5.27. The summed E-state index contributed by atoms with van der Waals surface area (Å²) >= 11 is 5.76. The molecule has 1 unspecified atom stereocenters. The molecule has 0 aromatic heterocycles. The summed E-state index contributed by atoms with van der Waals surface area (Å²) in [6.07, 6.45) is 0. The van der Waals surface area contributed by atoms with Crippen molar-refractivity contribution < 1.29 is 18.6 Å². The van der Waals surface area contributed by atoms with Gasteiger partial charge in [0.05, 0.1) is 17.1 Å². The van der Waals surface area contributed by atoms with Crippen LogP contribution in [0.2, 0.25) is 5.02 Å². The maximum Gasteiger partial charge on any atom is 0.240 e. The van der Waals surface area contributed by atoms with Gasteiger partial charge in [-0.3, -0.25) is 0 Å². The summed E-state index contributed by atoms with van der Waals surface area (Å²) in [6.45, 7) is 2.16. The van der Waals surface area contributed by atoms with Crippen LogP contribution in [0.3, 0.4) is 0 Å². The van der Waals surface area contributed by atoms with E-state index in [1.165, 1.54) is 13.0 Å². The highest BCUT2D eigenvalue weighted by molar-refractivity contribution is 7.89. The van der Waals surface area contributed by atoms with E-state index >= 15 is 0 Å². The molecule has 0 saturated heterocycles. The van der Waals surface area contributed by atoms with E-state index in [9.17, 15) is 13.5 Å². The molecule has 18 heavy (non-hydrogen) atoms. The fourth-order valence-corrected chi connectivity index (χ4v) is 2.91. The topological polar surface area (TPSA) is 86.6 Å². The largest absolute Gasteiger partial charge is 0.393 e. The van der Waals surface area contributed by atoms with Crippen molar-refractivity contribution in [3.63, 3.8) is 0 Å². The summed E-state index contributed by atoms with van der Waals surface area (Å²) in [4.78, 5) is 0.0590. The first-order chi connectivity index (χ1) is 8.18. The molecule has 0 bridgehead atoms. The van der Waals surface area contributed by atoms with Crippen molar-refractivity contribution in [1.29, 1.82) is 0 Å². The van der Waals surface area contributed by atoms with Crippen LogP contribution in [-0.2, 0) is 10.0 Å². The molecule has 0 amide bonds. The lowest BCUT2D eigenvalue weighted by molar-refractivity contribution is 0.00681. The number of hydrogen-bond donors (Lipinski definition) is 3. The lowest BCUT2D eigenvalue weighted by Gasteiger charge is -2.21. The molecule has 0 aliphatic heterocycles. The number of halogens is 1. The summed E-state index contributed by atoms with van der Waals surface area (Å²) in [5, 5.41) is 18.7. The zero-order valence-corrected chi connectivity index (χ0v) is 11.7. The Morgan fingerprint density at radius 3 is 2.61 bits per heavy atom. The number of rotatable bonds is 5. The van der Waals surface area contributed by atoms with Crippen LogP contribution in [-0.4, -0.2) is 37.4 Å². The fraction of sp³-hybridized carbons (Fsp3) is 0.455. The van der Waals surface area contributed by atoms with Crippen LogP contribution in [0.1, 0.15) is 12.5 Å². The van der Waals surface area contributed by atoms with Gasteiger partial charge < -0.3 is 10.2 Å². The van der Waals surface area contributed by atoms with Crippen molar-refractivity contribution in [2.24, 2.45) is 0 Å². The van der Waals surface area contributed by atoms with Crippen LogP contribution in [0.4, 0.5) is 0 Å². The van der Waals surface area contributed by atoms with Crippen molar-refractivity contribution in [2.75, 3.05) is 13.2 Å². The van der Waals surface area contributed by atoms with Crippen LogP contribution in [0.15, 0.2) is 23.1 Å². The maximum absolute atomic E-state index is 12.0. The lowest BCUT2D eigenvalue weighted by atomic mass is 10.1. The second-order valence-corrected chi connectivity index (χ2v) is 6.56. The molecule has 1 rings (SSSR count). The van der Waals surface area contributed by atoms with Crippen molar-refractivity contribution in [3.05, 3.63) is 28.8 Å². The summed E-state index contributed by atoms with van der Waals surface area (Å²) in [7, 11) is -3.76. The van der Waals surface area contributed by atoms with E-state index in [0.717, 1.165) is 0 Å². The summed E-state index contributed by atoms with van der Waals surface area (Å²) in [6, 6.07) is 4.54. The number of benzene rings is 1. The van der Waals surface area contributed by atoms with Crippen molar-refractivity contribution in [3.8, 4) is 0 Å². The first kappa shape index (κ1) is 15.4. The van der Waals surface area contributed by atoms with Gasteiger partial charge in [0.25, 0.3) is 0 Å². The number of hydrogen-bond acceptors (Lipinski definition) is 4. The smallest absolute Gasteiger partial charge is 0.240 e. The molecule has 5 nitrogen and oxygen atoms in total. The first-order valence-corrected chi connectivity index (χ1v) is 7.13. The van der Waals surface area contributed by atoms with E-state index in [1.54, 1.807) is 19.1 Å². The van der Waals surface area contributed by atoms with E-state index in [2.05, 4.69) is 4.72 Å². The third-order valence-electron chi connectivity index (χ3n) is 2.42. The zero-order valence-electron chi connectivity index (χ0n) is 10.1. The second-order valence-electron chi connectivity index (χ2n) is 4.39. The predicted molar refractivity (Wildman–Crippen MR) is 69.1 cm³/mol. The lowest BCUT2D eigenvalue weighted by Crippen LogP contribution is -2.43. The number of aliphatic hydroxyl groups excluding tert-OH is 1. The van der Waals surface area contributed by atoms with E-state index in [4.69, 9.17) is 16.7 Å². The highest BCUT2D eigenvalue weighted by Crippen LogP contribution is 2.20. The molecule has 0 spiro atoms. The highest BCUT2D eigenvalue weighted by atomic mass is 35.5. The summed E-state index contributed by atoms with van der Waals surface area (Å²) in [5.41, 5.74) is -0.949. The molecule has 0 saturated carbocycles. The number of aliphatic hydroxyl groups is 2. The number of nitrogens with one attached hydrogen (secondary N) is 1. The Labute approximate surface area is 111 Å². The van der Waals surface area contributed by atoms with Crippen LogP contribution in [0.5, 0.6) is 0 Å². The van der Waals surface area contributed by atoms with Gasteiger partial charge in [0.1, 0.15) is 0 Å². The molecule has 0 fully saturated rings. The molecule has 1 atom stereocenters. The monoisotopic (exact) mass is 293 g/mol. The molecule has 1 aromatic rings. The number of sulfonamides is 1. The quantitative estimate of drug-likeness (QED) is 0.745. The molecule has 0 aliphatic carbocycles. The molecule has 7 heteroatoms. The average molecular weight is 294 g/mol. The summed E-state index contributed by atoms with van der Waals surface area (Å²) in [5.74, 6) is 0. The Bertz CT molecular complexity index is 528. The van der Waals surface area contributed by atoms with Gasteiger partial charge in [-0.15, -0.1) is 0 Å². The Balaban J connectivity index is 2.97. The minimum atomic E-state index is -3.76. The van der Waals surface area contributed by atoms with Crippen LogP contribution in [0.25, 0.3) is 0 Å². The summed E-state index contributed by atoms with van der Waals surface area (Å²) < 4.78 is 26.2. The maximum atomic E-state index is 12.0. The molecule has 102 valence electrons. The Morgan fingerprint density at radius 2 is 2.06 bits per heavy atom. The third-order valence-corrected chi connectivity index (χ3v) is 4.20. The average Bonchev–Trinajstić information content (AvgIpc) is 2.30. The molecule has 0 radical (unpaired) electrons. The molecular formula is C11H16ClNO4S. The van der Waals surface area contributed by atoms with Gasteiger partial charge in [-0.25, -0.2) is 13.1 Å². The van der Waals surface area contributed by atoms with Crippen LogP contribution in [0, 0.1) is 6.92 Å². The van der Waals surface area contributed by atoms with Crippen molar-refractivity contribution >= 4 is 21.6 Å². The van der Waals surface area contributed by atoms with E-state index in [0.29, 0.717) is 10.6 Å². The predicted octanol–water partition coefficient (Wildman–Crippen LogP) is 0.670. The Kier molecular flexibility index (Phi) is 4.74. The highest BCUT2D eigenvalue weighted by Gasteiger charge is 2.24. The van der Waals surface area contributed by atoms with E-state index in [-0.39, 0.29) is 11.4 Å². The van der Waals surface area contributed by atoms with Gasteiger partial charge in [-0.1, -0.05) is 17.7 Å². The van der Waals surface area contributed by atoms with Gasteiger partial charge in [0.15, 0.2) is 0 Å². The van der Waals surface area contributed by atoms with Gasteiger partial charge in [0.2, 0.25) is 10.0 Å². The Hall–Kier alpha value is -0.660. The van der Waals surface area contributed by atoms with E-state index in [1.807, 2.05) is 0 Å². The second kappa shape index (κ2) is 5.54. The normalized spacial score (nSPS) is 15.4. The minimum absolute atomic E-state index is 0.0590. The van der Waals surface area contributed by atoms with E-state index < -0.39 is 22.2 Å². The fourth-order valence-electron chi connectivity index (χ4n) is 1.25. The molecule has 0 heterocycles. The van der Waals surface area contributed by atoms with Crippen LogP contribution < -0.4 is 4.72 Å². The van der Waals surface area contributed by atoms with Crippen molar-refractivity contribution in [1.82, 2.24) is 4.72 Å². The Morgan fingerprint density at radius 1 is 1.44 bits per heavy atom. The zero-order chi connectivity index (χ0) is 14.0. The SMILES string of the molecule is Cc1ccc(Cl)cc1S(=O)(=O)NCC(C)(O)CO. The van der Waals surface area contributed by atoms with Gasteiger partial charge in [-0.05, 0) is 31.5 Å². The minimum Gasteiger partial charge on any atom is -0.393 e. The standard InChI is InChI=1S/C11H16ClNO4S/c1-8-3-4-9(12)5-10(8)18(16,17)13-6-11(2,15)7-14/h3-5,13-15H,6-7H2,1-2H3. The van der Waals surface area contributed by atoms with Gasteiger partial charge in [0, 0.05) is 11.6 Å². The molecular weight excluding hydrogens is 278 g/mol. The van der Waals surface area contributed by atoms with Crippen LogP contribution >= 0.6 is 11.6 Å². The molecule has 0 aliphatic rings. The van der Waals surface area contributed by atoms with Gasteiger partial charge >= 0.3 is 0 Å². The molecule has 1 aromatic carbocycles. The third kappa shape index (κ3) is 3.93.